The number of carbonyl (C=O) groups is 1. The summed E-state index contributed by atoms with van der Waals surface area (Å²) in [7, 11) is 0. The van der Waals surface area contributed by atoms with E-state index in [4.69, 9.17) is 4.74 Å². The molecule has 146 valence electrons. The fourth-order valence-electron chi connectivity index (χ4n) is 3.35. The quantitative estimate of drug-likeness (QED) is 0.700. The van der Waals surface area contributed by atoms with Crippen LogP contribution in [0.2, 0.25) is 0 Å². The average Bonchev–Trinajstić information content (AvgIpc) is 3.31. The van der Waals surface area contributed by atoms with Gasteiger partial charge in [0, 0.05) is 37.7 Å². The number of halogens is 2. The van der Waals surface area contributed by atoms with Crippen LogP contribution in [0.15, 0.2) is 35.4 Å². The molecule has 0 unspecified atom stereocenters. The van der Waals surface area contributed by atoms with Crippen molar-refractivity contribution >= 4 is 5.91 Å². The lowest BCUT2D eigenvalue weighted by Crippen LogP contribution is -2.26. The summed E-state index contributed by atoms with van der Waals surface area (Å²) in [4.78, 5) is 24.7. The highest BCUT2D eigenvalue weighted by atomic mass is 19.1. The van der Waals surface area contributed by atoms with E-state index in [9.17, 15) is 18.4 Å². The number of aromatic nitrogens is 3. The molecule has 0 aromatic heterocycles. The van der Waals surface area contributed by atoms with Crippen LogP contribution in [-0.2, 0) is 17.8 Å². The van der Waals surface area contributed by atoms with Gasteiger partial charge in [-0.2, -0.15) is 5.10 Å². The summed E-state index contributed by atoms with van der Waals surface area (Å²) in [6.07, 6.45) is 5.06. The molecule has 0 bridgehead atoms. The summed E-state index contributed by atoms with van der Waals surface area (Å²) in [6.45, 7) is 0.852. The molecule has 7 nitrogen and oxygen atoms in total. The van der Waals surface area contributed by atoms with Crippen LogP contribution in [0.1, 0.15) is 28.8 Å². The minimum Gasteiger partial charge on any atom is -0.376 e. The van der Waals surface area contributed by atoms with Crippen LogP contribution >= 0.6 is 0 Å². The fourth-order valence-corrected chi connectivity index (χ4v) is 3.35. The molecule has 3 heterocycles. The van der Waals surface area contributed by atoms with Gasteiger partial charge in [-0.05, 0) is 25.0 Å². The standard InChI is InChI=1S/C19H18F2N4O3/c20-15-4-1-5-16(21)12(15)7-22-18(26)13-9-25(8-11-3-2-6-28-11)10-14-17(13)23-24-19(14)27/h1,4-5,9-11H,2-3,6-8H2,(H,22,26)(H,24,27)/t11-/m1/s1. The number of hydrogen-bond acceptors (Lipinski definition) is 4. The number of hydrogen-bond donors (Lipinski definition) is 2. The number of benzene rings is 1. The first-order valence-corrected chi connectivity index (χ1v) is 8.94. The zero-order valence-corrected chi connectivity index (χ0v) is 14.9. The molecule has 1 saturated heterocycles. The summed E-state index contributed by atoms with van der Waals surface area (Å²) < 4.78 is 34.9. The number of nitrogens with one attached hydrogen (secondary N) is 2. The van der Waals surface area contributed by atoms with Gasteiger partial charge in [0.1, 0.15) is 17.3 Å². The van der Waals surface area contributed by atoms with Crippen LogP contribution in [0.25, 0.3) is 11.3 Å². The van der Waals surface area contributed by atoms with Crippen molar-refractivity contribution in [2.75, 3.05) is 6.61 Å². The maximum absolute atomic E-state index is 13.8. The fraction of sp³-hybridized carbons (Fsp3) is 0.316. The normalized spacial score (nSPS) is 16.6. The highest BCUT2D eigenvalue weighted by Gasteiger charge is 2.23. The lowest BCUT2D eigenvalue weighted by molar-refractivity contribution is 0.0935. The zero-order chi connectivity index (χ0) is 19.7. The number of pyridine rings is 1. The molecule has 0 saturated carbocycles. The summed E-state index contributed by atoms with van der Waals surface area (Å²) in [5.41, 5.74) is -0.0268. The predicted octanol–water partition coefficient (Wildman–Crippen LogP) is 2.06. The van der Waals surface area contributed by atoms with E-state index in [0.717, 1.165) is 25.0 Å². The Morgan fingerprint density at radius 3 is 2.82 bits per heavy atom. The molecule has 3 aliphatic heterocycles. The van der Waals surface area contributed by atoms with E-state index in [0.29, 0.717) is 13.2 Å². The molecule has 3 aliphatic rings. The minimum atomic E-state index is -0.742. The third-order valence-corrected chi connectivity index (χ3v) is 4.78. The van der Waals surface area contributed by atoms with Gasteiger partial charge in [0.15, 0.2) is 0 Å². The van der Waals surface area contributed by atoms with Crippen LogP contribution in [-0.4, -0.2) is 33.4 Å². The van der Waals surface area contributed by atoms with Crippen molar-refractivity contribution in [2.24, 2.45) is 0 Å². The van der Waals surface area contributed by atoms with Crippen LogP contribution < -0.4 is 10.9 Å². The van der Waals surface area contributed by atoms with Crippen LogP contribution in [0, 0.1) is 11.6 Å². The highest BCUT2D eigenvalue weighted by Crippen LogP contribution is 2.22. The lowest BCUT2D eigenvalue weighted by Gasteiger charge is -2.16. The third-order valence-electron chi connectivity index (χ3n) is 4.78. The molecule has 4 rings (SSSR count). The van der Waals surface area contributed by atoms with Crippen molar-refractivity contribution in [3.63, 3.8) is 0 Å². The topological polar surface area (TPSA) is 89.0 Å². The molecular formula is C19H18F2N4O3. The smallest absolute Gasteiger partial charge is 0.275 e. The predicted molar refractivity (Wildman–Crippen MR) is 96.0 cm³/mol. The number of aromatic amines is 1. The second-order valence-corrected chi connectivity index (χ2v) is 6.70. The number of H-pyrrole nitrogens is 1. The second-order valence-electron chi connectivity index (χ2n) is 6.70. The molecule has 1 amide bonds. The number of fused-ring (bicyclic) bond motifs is 1. The van der Waals surface area contributed by atoms with Gasteiger partial charge in [0.05, 0.1) is 17.2 Å². The molecule has 0 aliphatic carbocycles. The van der Waals surface area contributed by atoms with Gasteiger partial charge in [0.2, 0.25) is 0 Å². The summed E-state index contributed by atoms with van der Waals surface area (Å²) in [5.74, 6) is -2.07. The third kappa shape index (κ3) is 3.53. The average molecular weight is 388 g/mol. The zero-order valence-electron chi connectivity index (χ0n) is 14.9. The first-order chi connectivity index (χ1) is 13.5. The molecule has 1 fully saturated rings. The Balaban J connectivity index is 1.61. The lowest BCUT2D eigenvalue weighted by atomic mass is 10.1. The van der Waals surface area contributed by atoms with E-state index in [2.05, 4.69) is 15.5 Å². The number of ether oxygens (including phenoxy) is 1. The first kappa shape index (κ1) is 18.3. The minimum absolute atomic E-state index is 0.00729. The van der Waals surface area contributed by atoms with E-state index in [1.807, 2.05) is 0 Å². The van der Waals surface area contributed by atoms with Crippen molar-refractivity contribution in [1.29, 1.82) is 0 Å². The van der Waals surface area contributed by atoms with Crippen molar-refractivity contribution in [3.8, 4) is 11.3 Å². The maximum atomic E-state index is 13.8. The van der Waals surface area contributed by atoms with Gasteiger partial charge < -0.3 is 14.6 Å². The Hall–Kier alpha value is -3.07. The van der Waals surface area contributed by atoms with Gasteiger partial charge >= 0.3 is 0 Å². The van der Waals surface area contributed by atoms with Crippen molar-refractivity contribution in [1.82, 2.24) is 20.1 Å². The van der Waals surface area contributed by atoms with Crippen molar-refractivity contribution in [3.05, 3.63) is 63.7 Å². The van der Waals surface area contributed by atoms with E-state index in [1.165, 1.54) is 6.07 Å². The van der Waals surface area contributed by atoms with Gasteiger partial charge in [-0.15, -0.1) is 0 Å². The molecule has 0 radical (unpaired) electrons. The Morgan fingerprint density at radius 2 is 2.11 bits per heavy atom. The maximum Gasteiger partial charge on any atom is 0.275 e. The Bertz CT molecular complexity index is 1020. The SMILES string of the molecule is O=C(NCc1c(F)cccc1F)c1cn(C[C@H]2CCCO2)cc2c(=O)[nH]nc1-2. The molecule has 1 atom stereocenters. The van der Waals surface area contributed by atoms with Gasteiger partial charge in [-0.25, -0.2) is 13.9 Å². The van der Waals surface area contributed by atoms with Crippen molar-refractivity contribution < 1.29 is 18.3 Å². The van der Waals surface area contributed by atoms with E-state index < -0.39 is 23.1 Å². The molecule has 9 heteroatoms. The van der Waals surface area contributed by atoms with Crippen molar-refractivity contribution in [2.45, 2.75) is 32.0 Å². The van der Waals surface area contributed by atoms with Gasteiger partial charge in [-0.1, -0.05) is 6.07 Å². The molecular weight excluding hydrogens is 370 g/mol. The largest absolute Gasteiger partial charge is 0.376 e. The summed E-state index contributed by atoms with van der Waals surface area (Å²) in [5, 5.41) is 8.75. The molecule has 1 aromatic carbocycles. The number of amides is 1. The Kier molecular flexibility index (Phi) is 4.91. The molecule has 0 spiro atoms. The van der Waals surface area contributed by atoms with Crippen LogP contribution in [0.4, 0.5) is 8.78 Å². The second kappa shape index (κ2) is 7.51. The Morgan fingerprint density at radius 1 is 1.32 bits per heavy atom. The van der Waals surface area contributed by atoms with Gasteiger partial charge in [0.25, 0.3) is 11.5 Å². The van der Waals surface area contributed by atoms with Crippen LogP contribution in [0.5, 0.6) is 0 Å². The van der Waals surface area contributed by atoms with E-state index in [1.54, 1.807) is 17.0 Å². The number of carbonyl (C=O) groups excluding carboxylic acids is 1. The summed E-state index contributed by atoms with van der Waals surface area (Å²) >= 11 is 0. The Labute approximate surface area is 158 Å². The monoisotopic (exact) mass is 388 g/mol. The first-order valence-electron chi connectivity index (χ1n) is 8.94. The highest BCUT2D eigenvalue weighted by molar-refractivity contribution is 5.99. The van der Waals surface area contributed by atoms with E-state index >= 15 is 0 Å². The molecule has 2 N–H and O–H groups in total. The number of nitrogens with zero attached hydrogens (tertiary/aromatic N) is 2. The number of rotatable bonds is 5. The van der Waals surface area contributed by atoms with Gasteiger partial charge in [-0.3, -0.25) is 9.59 Å². The van der Waals surface area contributed by atoms with Crippen LogP contribution in [0.3, 0.4) is 0 Å². The molecule has 28 heavy (non-hydrogen) atoms. The molecule has 1 aromatic rings. The van der Waals surface area contributed by atoms with E-state index in [-0.39, 0.29) is 35.0 Å². The summed E-state index contributed by atoms with van der Waals surface area (Å²) in [6, 6.07) is 3.50.